The standard InChI is InChI=1S/C21H26FN3O2/c1-21(2,17-4-3-5-18(22)14-17)25-12-10-24(11-13-25)20(27)16-6-8-19(9-7-16)23-15-26/h3-9,14,23,26H,10-13,15H2,1-2H3. The van der Waals surface area contributed by atoms with Crippen LogP contribution in [0.4, 0.5) is 10.1 Å². The predicted molar refractivity (Wildman–Crippen MR) is 104 cm³/mol. The molecule has 5 nitrogen and oxygen atoms in total. The van der Waals surface area contributed by atoms with Crippen molar-refractivity contribution in [3.8, 4) is 0 Å². The maximum absolute atomic E-state index is 13.6. The Kier molecular flexibility index (Phi) is 5.77. The van der Waals surface area contributed by atoms with Crippen LogP contribution in [-0.2, 0) is 5.54 Å². The molecular weight excluding hydrogens is 345 g/mol. The SMILES string of the molecule is CC(C)(c1cccc(F)c1)N1CCN(C(=O)c2ccc(NCO)cc2)CC1. The molecule has 1 fully saturated rings. The first-order chi connectivity index (χ1) is 12.9. The quantitative estimate of drug-likeness (QED) is 0.794. The molecule has 1 heterocycles. The lowest BCUT2D eigenvalue weighted by Gasteiger charge is -2.44. The highest BCUT2D eigenvalue weighted by Crippen LogP contribution is 2.29. The van der Waals surface area contributed by atoms with Crippen molar-refractivity contribution >= 4 is 11.6 Å². The Hall–Kier alpha value is -2.44. The summed E-state index contributed by atoms with van der Waals surface area (Å²) in [4.78, 5) is 16.9. The number of piperazine rings is 1. The number of rotatable bonds is 5. The second-order valence-electron chi connectivity index (χ2n) is 7.26. The third-order valence-electron chi connectivity index (χ3n) is 5.30. The van der Waals surface area contributed by atoms with Crippen molar-refractivity contribution in [3.63, 3.8) is 0 Å². The van der Waals surface area contributed by atoms with Crippen molar-refractivity contribution in [2.75, 3.05) is 38.2 Å². The molecule has 2 aromatic rings. The Labute approximate surface area is 159 Å². The number of halogens is 1. The fourth-order valence-electron chi connectivity index (χ4n) is 3.52. The molecule has 1 saturated heterocycles. The van der Waals surface area contributed by atoms with Gasteiger partial charge in [0.05, 0.1) is 0 Å². The van der Waals surface area contributed by atoms with Crippen LogP contribution in [0.15, 0.2) is 48.5 Å². The second-order valence-corrected chi connectivity index (χ2v) is 7.26. The maximum Gasteiger partial charge on any atom is 0.253 e. The summed E-state index contributed by atoms with van der Waals surface area (Å²) in [6.45, 7) is 6.77. The van der Waals surface area contributed by atoms with E-state index in [0.717, 1.165) is 24.3 Å². The zero-order chi connectivity index (χ0) is 19.4. The number of anilines is 1. The third-order valence-corrected chi connectivity index (χ3v) is 5.30. The molecule has 0 aromatic heterocycles. The molecule has 144 valence electrons. The summed E-state index contributed by atoms with van der Waals surface area (Å²) in [5.74, 6) is -0.220. The average molecular weight is 371 g/mol. The Bertz CT molecular complexity index is 784. The first-order valence-corrected chi connectivity index (χ1v) is 9.17. The van der Waals surface area contributed by atoms with Crippen molar-refractivity contribution in [3.05, 3.63) is 65.5 Å². The van der Waals surface area contributed by atoms with E-state index in [9.17, 15) is 9.18 Å². The van der Waals surface area contributed by atoms with Crippen molar-refractivity contribution in [2.45, 2.75) is 19.4 Å². The van der Waals surface area contributed by atoms with E-state index in [2.05, 4.69) is 24.1 Å². The summed E-state index contributed by atoms with van der Waals surface area (Å²) in [6, 6.07) is 13.8. The van der Waals surface area contributed by atoms with E-state index in [1.54, 1.807) is 36.4 Å². The molecule has 0 bridgehead atoms. The first-order valence-electron chi connectivity index (χ1n) is 9.17. The number of carbonyl (C=O) groups is 1. The van der Waals surface area contributed by atoms with E-state index < -0.39 is 0 Å². The molecule has 0 atom stereocenters. The number of nitrogens with zero attached hydrogens (tertiary/aromatic N) is 2. The summed E-state index contributed by atoms with van der Waals surface area (Å²) in [7, 11) is 0. The normalized spacial score (nSPS) is 15.6. The number of aliphatic hydroxyl groups is 1. The van der Waals surface area contributed by atoms with Crippen LogP contribution in [0.25, 0.3) is 0 Å². The number of hydrogen-bond donors (Lipinski definition) is 2. The highest BCUT2D eigenvalue weighted by atomic mass is 19.1. The van der Waals surface area contributed by atoms with E-state index in [-0.39, 0.29) is 24.0 Å². The van der Waals surface area contributed by atoms with E-state index in [1.165, 1.54) is 6.07 Å². The Morgan fingerprint density at radius 1 is 1.11 bits per heavy atom. The lowest BCUT2D eigenvalue weighted by atomic mass is 9.91. The van der Waals surface area contributed by atoms with Crippen LogP contribution >= 0.6 is 0 Å². The molecule has 2 aromatic carbocycles. The Morgan fingerprint density at radius 3 is 2.37 bits per heavy atom. The van der Waals surface area contributed by atoms with Gasteiger partial charge in [0.2, 0.25) is 0 Å². The Morgan fingerprint density at radius 2 is 1.78 bits per heavy atom. The first kappa shape index (κ1) is 19.3. The molecule has 27 heavy (non-hydrogen) atoms. The average Bonchev–Trinajstić information content (AvgIpc) is 2.68. The van der Waals surface area contributed by atoms with Crippen LogP contribution in [0, 0.1) is 5.82 Å². The summed E-state index contributed by atoms with van der Waals surface area (Å²) >= 11 is 0. The molecule has 1 aliphatic rings. The predicted octanol–water partition coefficient (Wildman–Crippen LogP) is 2.88. The van der Waals surface area contributed by atoms with Gasteiger partial charge >= 0.3 is 0 Å². The van der Waals surface area contributed by atoms with Crippen molar-refractivity contribution < 1.29 is 14.3 Å². The second kappa shape index (κ2) is 8.06. The van der Waals surface area contributed by atoms with E-state index in [1.807, 2.05) is 11.0 Å². The highest BCUT2D eigenvalue weighted by Gasteiger charge is 2.33. The minimum Gasteiger partial charge on any atom is -0.377 e. The van der Waals surface area contributed by atoms with Crippen molar-refractivity contribution in [1.29, 1.82) is 0 Å². The fourth-order valence-corrected chi connectivity index (χ4v) is 3.52. The van der Waals surface area contributed by atoms with E-state index in [4.69, 9.17) is 5.11 Å². The molecule has 0 spiro atoms. The third kappa shape index (κ3) is 4.28. The fraction of sp³-hybridized carbons (Fsp3) is 0.381. The monoisotopic (exact) mass is 371 g/mol. The minimum atomic E-state index is -0.297. The van der Waals surface area contributed by atoms with Gasteiger partial charge in [-0.25, -0.2) is 4.39 Å². The van der Waals surface area contributed by atoms with Gasteiger partial charge in [0, 0.05) is 43.0 Å². The zero-order valence-electron chi connectivity index (χ0n) is 15.8. The van der Waals surface area contributed by atoms with Crippen LogP contribution in [0.2, 0.25) is 0 Å². The number of hydrogen-bond acceptors (Lipinski definition) is 4. The highest BCUT2D eigenvalue weighted by molar-refractivity contribution is 5.94. The molecule has 3 rings (SSSR count). The van der Waals surface area contributed by atoms with Crippen molar-refractivity contribution in [1.82, 2.24) is 9.80 Å². The molecule has 6 heteroatoms. The summed E-state index contributed by atoms with van der Waals surface area (Å²) < 4.78 is 13.6. The van der Waals surface area contributed by atoms with Gasteiger partial charge in [-0.15, -0.1) is 0 Å². The molecule has 1 aliphatic heterocycles. The van der Waals surface area contributed by atoms with Gasteiger partial charge in [0.25, 0.3) is 5.91 Å². The molecule has 0 radical (unpaired) electrons. The van der Waals surface area contributed by atoms with Gasteiger partial charge in [-0.3, -0.25) is 9.69 Å². The van der Waals surface area contributed by atoms with Gasteiger partial charge in [0.1, 0.15) is 12.5 Å². The smallest absolute Gasteiger partial charge is 0.253 e. The molecule has 2 N–H and O–H groups in total. The van der Waals surface area contributed by atoms with Crippen LogP contribution in [0.1, 0.15) is 29.8 Å². The lowest BCUT2D eigenvalue weighted by molar-refractivity contribution is 0.0391. The molecule has 0 aliphatic carbocycles. The van der Waals surface area contributed by atoms with Gasteiger partial charge in [0.15, 0.2) is 0 Å². The van der Waals surface area contributed by atoms with E-state index >= 15 is 0 Å². The van der Waals surface area contributed by atoms with Crippen LogP contribution in [0.3, 0.4) is 0 Å². The molecular formula is C21H26FN3O2. The molecule has 0 saturated carbocycles. The summed E-state index contributed by atoms with van der Waals surface area (Å²) in [5, 5.41) is 11.7. The lowest BCUT2D eigenvalue weighted by Crippen LogP contribution is -2.54. The number of carbonyl (C=O) groups excluding carboxylic acids is 1. The van der Waals surface area contributed by atoms with Gasteiger partial charge in [-0.1, -0.05) is 12.1 Å². The summed E-state index contributed by atoms with van der Waals surface area (Å²) in [5.41, 5.74) is 2.05. The van der Waals surface area contributed by atoms with Crippen LogP contribution in [-0.4, -0.2) is 53.7 Å². The van der Waals surface area contributed by atoms with Crippen LogP contribution < -0.4 is 5.32 Å². The molecule has 1 amide bonds. The van der Waals surface area contributed by atoms with E-state index in [0.29, 0.717) is 18.7 Å². The number of nitrogens with one attached hydrogen (secondary N) is 1. The topological polar surface area (TPSA) is 55.8 Å². The summed E-state index contributed by atoms with van der Waals surface area (Å²) in [6.07, 6.45) is 0. The maximum atomic E-state index is 13.6. The van der Waals surface area contributed by atoms with Gasteiger partial charge in [-0.2, -0.15) is 0 Å². The number of amides is 1. The number of benzene rings is 2. The largest absolute Gasteiger partial charge is 0.377 e. The number of aliphatic hydroxyl groups excluding tert-OH is 1. The Balaban J connectivity index is 1.63. The zero-order valence-corrected chi connectivity index (χ0v) is 15.8. The molecule has 0 unspecified atom stereocenters. The van der Waals surface area contributed by atoms with Crippen molar-refractivity contribution in [2.24, 2.45) is 0 Å². The minimum absolute atomic E-state index is 0.00811. The van der Waals surface area contributed by atoms with Gasteiger partial charge < -0.3 is 15.3 Å². The van der Waals surface area contributed by atoms with Gasteiger partial charge in [-0.05, 0) is 55.8 Å². The van der Waals surface area contributed by atoms with Crippen LogP contribution in [0.5, 0.6) is 0 Å².